The van der Waals surface area contributed by atoms with Crippen LogP contribution in [0.3, 0.4) is 0 Å². The van der Waals surface area contributed by atoms with E-state index in [4.69, 9.17) is 19.2 Å². The molecule has 4 heterocycles. The minimum absolute atomic E-state index is 0.0683. The summed E-state index contributed by atoms with van der Waals surface area (Å²) < 4.78 is 33.1. The molecule has 5 rings (SSSR count). The fourth-order valence-electron chi connectivity index (χ4n) is 6.53. The molecule has 1 N–H and O–H groups in total. The van der Waals surface area contributed by atoms with Gasteiger partial charge in [0.25, 0.3) is 0 Å². The van der Waals surface area contributed by atoms with Crippen molar-refractivity contribution in [1.29, 1.82) is 0 Å². The van der Waals surface area contributed by atoms with Crippen LogP contribution in [0.1, 0.15) is 101 Å². The van der Waals surface area contributed by atoms with Gasteiger partial charge in [-0.05, 0) is 113 Å². The topological polar surface area (TPSA) is 72.9 Å². The van der Waals surface area contributed by atoms with E-state index in [1.807, 2.05) is 26.8 Å². The number of rotatable bonds is 10. The Morgan fingerprint density at radius 1 is 1.14 bits per heavy atom. The number of carbonyl (C=O) groups is 1. The quantitative estimate of drug-likeness (QED) is 0.252. The highest BCUT2D eigenvalue weighted by Crippen LogP contribution is 2.41. The van der Waals surface area contributed by atoms with Gasteiger partial charge < -0.3 is 19.5 Å². The van der Waals surface area contributed by atoms with Crippen molar-refractivity contribution in [3.8, 4) is 0 Å². The molecule has 1 aromatic carbocycles. The molecule has 0 bridgehead atoms. The predicted octanol–water partition coefficient (Wildman–Crippen LogP) is 6.56. The third kappa shape index (κ3) is 8.08. The van der Waals surface area contributed by atoms with Gasteiger partial charge in [0, 0.05) is 32.0 Å². The van der Waals surface area contributed by atoms with Crippen molar-refractivity contribution < 1.29 is 23.4 Å². The lowest BCUT2D eigenvalue weighted by Crippen LogP contribution is -2.37. The van der Waals surface area contributed by atoms with Gasteiger partial charge in [0.1, 0.15) is 11.4 Å². The minimum Gasteiger partial charge on any atom is -0.459 e. The smallest absolute Gasteiger partial charge is 0.320 e. The molecule has 7 nitrogen and oxygen atoms in total. The number of esters is 1. The zero-order valence-electron chi connectivity index (χ0n) is 25.8. The summed E-state index contributed by atoms with van der Waals surface area (Å²) in [5.41, 5.74) is 4.78. The van der Waals surface area contributed by atoms with Gasteiger partial charge in [0.05, 0.1) is 36.2 Å². The molecule has 0 amide bonds. The summed E-state index contributed by atoms with van der Waals surface area (Å²) in [6, 6.07) is 9.05. The number of anilines is 1. The molecule has 4 atom stereocenters. The molecule has 0 saturated carbocycles. The normalized spacial score (nSPS) is 24.7. The average Bonchev–Trinajstić information content (AvgIpc) is 3.33. The molecule has 2 saturated heterocycles. The molecule has 42 heavy (non-hydrogen) atoms. The SMILES string of the molecule is CC1CNc2ccc(CCCCOC3CCN(CC(=O)OC(C)(C)C)C3c3cc(F)ccc3[C@@H]3CCCCO3)nc2C1. The van der Waals surface area contributed by atoms with Gasteiger partial charge in [-0.1, -0.05) is 13.0 Å². The number of unbranched alkanes of at least 4 members (excludes halogenated alkanes) is 1. The summed E-state index contributed by atoms with van der Waals surface area (Å²) in [6.07, 6.45) is 7.42. The van der Waals surface area contributed by atoms with Crippen LogP contribution in [-0.4, -0.2) is 60.4 Å². The zero-order chi connectivity index (χ0) is 29.7. The Balaban J connectivity index is 1.25. The number of fused-ring (bicyclic) bond motifs is 1. The molecule has 1 aromatic heterocycles. The van der Waals surface area contributed by atoms with Crippen LogP contribution >= 0.6 is 0 Å². The van der Waals surface area contributed by atoms with Gasteiger partial charge in [-0.2, -0.15) is 0 Å². The fraction of sp³-hybridized carbons (Fsp3) is 0.647. The van der Waals surface area contributed by atoms with Crippen molar-refractivity contribution in [3.05, 3.63) is 58.7 Å². The lowest BCUT2D eigenvalue weighted by atomic mass is 9.90. The molecule has 8 heteroatoms. The Kier molecular flexibility index (Phi) is 10.2. The van der Waals surface area contributed by atoms with E-state index >= 15 is 0 Å². The van der Waals surface area contributed by atoms with Crippen molar-refractivity contribution in [2.45, 2.75) is 103 Å². The van der Waals surface area contributed by atoms with Crippen LogP contribution in [0, 0.1) is 11.7 Å². The Labute approximate surface area is 250 Å². The molecule has 2 aromatic rings. The number of hydrogen-bond donors (Lipinski definition) is 1. The van der Waals surface area contributed by atoms with Crippen LogP contribution < -0.4 is 5.32 Å². The number of halogens is 1. The van der Waals surface area contributed by atoms with E-state index in [1.165, 1.54) is 17.4 Å². The number of hydrogen-bond acceptors (Lipinski definition) is 7. The third-order valence-corrected chi connectivity index (χ3v) is 8.47. The van der Waals surface area contributed by atoms with Crippen LogP contribution in [0.15, 0.2) is 30.3 Å². The van der Waals surface area contributed by atoms with Crippen LogP contribution in [0.25, 0.3) is 0 Å². The van der Waals surface area contributed by atoms with E-state index in [9.17, 15) is 9.18 Å². The first-order valence-electron chi connectivity index (χ1n) is 15.9. The number of pyridine rings is 1. The molecule has 3 unspecified atom stereocenters. The summed E-state index contributed by atoms with van der Waals surface area (Å²) in [7, 11) is 0. The highest BCUT2D eigenvalue weighted by Gasteiger charge is 2.40. The number of nitrogens with zero attached hydrogens (tertiary/aromatic N) is 2. The zero-order valence-corrected chi connectivity index (χ0v) is 25.8. The van der Waals surface area contributed by atoms with E-state index in [0.29, 0.717) is 25.7 Å². The number of ether oxygens (including phenoxy) is 3. The highest BCUT2D eigenvalue weighted by atomic mass is 19.1. The van der Waals surface area contributed by atoms with Crippen molar-refractivity contribution in [3.63, 3.8) is 0 Å². The van der Waals surface area contributed by atoms with E-state index in [2.05, 4.69) is 29.3 Å². The Morgan fingerprint density at radius 3 is 2.79 bits per heavy atom. The number of aryl methyl sites for hydroxylation is 1. The molecule has 3 aliphatic rings. The van der Waals surface area contributed by atoms with Gasteiger partial charge in [-0.3, -0.25) is 14.7 Å². The van der Waals surface area contributed by atoms with Gasteiger partial charge in [0.2, 0.25) is 0 Å². The first kappa shape index (κ1) is 30.9. The second-order valence-corrected chi connectivity index (χ2v) is 13.3. The minimum atomic E-state index is -0.566. The van der Waals surface area contributed by atoms with E-state index < -0.39 is 5.60 Å². The number of nitrogens with one attached hydrogen (secondary N) is 1. The number of carbonyl (C=O) groups excluding carboxylic acids is 1. The van der Waals surface area contributed by atoms with Crippen molar-refractivity contribution in [2.24, 2.45) is 5.92 Å². The van der Waals surface area contributed by atoms with Crippen molar-refractivity contribution in [1.82, 2.24) is 9.88 Å². The van der Waals surface area contributed by atoms with Gasteiger partial charge in [-0.25, -0.2) is 4.39 Å². The average molecular weight is 582 g/mol. The highest BCUT2D eigenvalue weighted by molar-refractivity contribution is 5.72. The number of aromatic nitrogens is 1. The third-order valence-electron chi connectivity index (χ3n) is 8.47. The maximum Gasteiger partial charge on any atom is 0.320 e. The summed E-state index contributed by atoms with van der Waals surface area (Å²) in [5, 5.41) is 3.47. The van der Waals surface area contributed by atoms with Crippen molar-refractivity contribution >= 4 is 11.7 Å². The maximum atomic E-state index is 14.7. The molecule has 2 fully saturated rings. The lowest BCUT2D eigenvalue weighted by molar-refractivity contribution is -0.156. The van der Waals surface area contributed by atoms with Crippen LogP contribution in [0.5, 0.6) is 0 Å². The molecular formula is C34H48FN3O4. The Bertz CT molecular complexity index is 1210. The van der Waals surface area contributed by atoms with Crippen LogP contribution in [0.4, 0.5) is 10.1 Å². The number of benzene rings is 1. The molecule has 230 valence electrons. The predicted molar refractivity (Wildman–Crippen MR) is 162 cm³/mol. The second-order valence-electron chi connectivity index (χ2n) is 13.3. The largest absolute Gasteiger partial charge is 0.459 e. The van der Waals surface area contributed by atoms with E-state index in [0.717, 1.165) is 74.7 Å². The van der Waals surface area contributed by atoms with E-state index in [-0.39, 0.29) is 36.6 Å². The molecular weight excluding hydrogens is 533 g/mol. The summed E-state index contributed by atoms with van der Waals surface area (Å²) >= 11 is 0. The first-order valence-corrected chi connectivity index (χ1v) is 15.9. The second kappa shape index (κ2) is 13.8. The maximum absolute atomic E-state index is 14.7. The van der Waals surface area contributed by atoms with Gasteiger partial charge in [-0.15, -0.1) is 0 Å². The molecule has 0 spiro atoms. The lowest BCUT2D eigenvalue weighted by Gasteiger charge is -2.33. The Hall–Kier alpha value is -2.55. The van der Waals surface area contributed by atoms with Crippen molar-refractivity contribution in [2.75, 3.05) is 38.2 Å². The Morgan fingerprint density at radius 2 is 2.00 bits per heavy atom. The summed E-state index contributed by atoms with van der Waals surface area (Å²) in [5.74, 6) is 0.0444. The molecule has 0 radical (unpaired) electrons. The summed E-state index contributed by atoms with van der Waals surface area (Å²) in [4.78, 5) is 19.9. The van der Waals surface area contributed by atoms with E-state index in [1.54, 1.807) is 6.07 Å². The van der Waals surface area contributed by atoms with Crippen LogP contribution in [0.2, 0.25) is 0 Å². The number of likely N-dealkylation sites (tertiary alicyclic amines) is 1. The summed E-state index contributed by atoms with van der Waals surface area (Å²) in [6.45, 7) is 11.0. The van der Waals surface area contributed by atoms with Crippen LogP contribution in [-0.2, 0) is 31.8 Å². The standard InChI is InChI=1S/C34H48FN3O4/c1-23-19-29-28(36-21-23)14-12-25(37-29)9-5-7-18-41-31-15-16-38(22-32(39)42-34(2,3)4)33(31)27-20-24(35)11-13-26(27)30-10-6-8-17-40-30/h11-14,20,23,30-31,33,36H,5-10,15-19,21-22H2,1-4H3/t23?,30-,31?,33?/m0/s1. The molecule has 3 aliphatic heterocycles. The molecule has 0 aliphatic carbocycles. The monoisotopic (exact) mass is 581 g/mol. The van der Waals surface area contributed by atoms with Gasteiger partial charge >= 0.3 is 5.97 Å². The van der Waals surface area contributed by atoms with Gasteiger partial charge in [0.15, 0.2) is 0 Å². The fourth-order valence-corrected chi connectivity index (χ4v) is 6.53. The first-order chi connectivity index (χ1) is 20.2.